The van der Waals surface area contributed by atoms with Gasteiger partial charge in [-0.25, -0.2) is 0 Å². The second-order valence-electron chi connectivity index (χ2n) is 3.47. The van der Waals surface area contributed by atoms with Gasteiger partial charge in [-0.05, 0) is 30.0 Å². The van der Waals surface area contributed by atoms with Crippen LogP contribution in [0.4, 0.5) is 0 Å². The molecule has 0 fully saturated rings. The second-order valence-corrected chi connectivity index (χ2v) is 3.47. The highest BCUT2D eigenvalue weighted by Crippen LogP contribution is 2.12. The molecule has 2 aromatic rings. The Labute approximate surface area is 93.5 Å². The van der Waals surface area contributed by atoms with E-state index in [2.05, 4.69) is 22.1 Å². The first-order valence-corrected chi connectivity index (χ1v) is 5.05. The Morgan fingerprint density at radius 1 is 1.31 bits per heavy atom. The molecule has 1 aromatic heterocycles. The summed E-state index contributed by atoms with van der Waals surface area (Å²) in [5.41, 5.74) is 0.834. The molecule has 0 radical (unpaired) electrons. The molecule has 16 heavy (non-hydrogen) atoms. The average Bonchev–Trinajstić information content (AvgIpc) is 2.29. The molecule has 0 atom stereocenters. The van der Waals surface area contributed by atoms with Gasteiger partial charge in [0, 0.05) is 17.8 Å². The lowest BCUT2D eigenvalue weighted by atomic mass is 10.1. The van der Waals surface area contributed by atoms with Crippen LogP contribution in [-0.2, 0) is 0 Å². The first kappa shape index (κ1) is 10.5. The smallest absolute Gasteiger partial charge is 0.248 e. The van der Waals surface area contributed by atoms with Gasteiger partial charge in [-0.3, -0.25) is 4.79 Å². The van der Waals surface area contributed by atoms with Gasteiger partial charge in [0.1, 0.15) is 0 Å². The number of aromatic nitrogens is 1. The van der Waals surface area contributed by atoms with E-state index in [0.717, 1.165) is 16.3 Å². The van der Waals surface area contributed by atoms with Crippen LogP contribution in [0.15, 0.2) is 35.3 Å². The molecule has 0 bridgehead atoms. The van der Waals surface area contributed by atoms with E-state index in [-0.39, 0.29) is 5.56 Å². The van der Waals surface area contributed by atoms with Gasteiger partial charge in [0.15, 0.2) is 0 Å². The van der Waals surface area contributed by atoms with Crippen molar-refractivity contribution in [1.29, 1.82) is 0 Å². The molecule has 2 N–H and O–H groups in total. The highest BCUT2D eigenvalue weighted by atomic mass is 16.1. The van der Waals surface area contributed by atoms with Gasteiger partial charge in [0.2, 0.25) is 5.56 Å². The van der Waals surface area contributed by atoms with Gasteiger partial charge in [0.05, 0.1) is 6.54 Å². The molecule has 80 valence electrons. The zero-order valence-electron chi connectivity index (χ0n) is 9.00. The van der Waals surface area contributed by atoms with Crippen LogP contribution < -0.4 is 10.9 Å². The van der Waals surface area contributed by atoms with Gasteiger partial charge in [-0.1, -0.05) is 17.9 Å². The number of nitrogens with one attached hydrogen (secondary N) is 2. The number of rotatable bonds is 1. The molecule has 0 amide bonds. The fourth-order valence-electron chi connectivity index (χ4n) is 1.48. The maximum absolute atomic E-state index is 11.2. The summed E-state index contributed by atoms with van der Waals surface area (Å²) in [5, 5.41) is 4.89. The van der Waals surface area contributed by atoms with Crippen molar-refractivity contribution in [2.24, 2.45) is 0 Å². The van der Waals surface area contributed by atoms with E-state index in [0.29, 0.717) is 6.54 Å². The van der Waals surface area contributed by atoms with Crippen LogP contribution in [0, 0.1) is 11.8 Å². The third kappa shape index (κ3) is 2.30. The van der Waals surface area contributed by atoms with E-state index in [1.54, 1.807) is 12.3 Å². The summed E-state index contributed by atoms with van der Waals surface area (Å²) >= 11 is 0. The minimum Gasteiger partial charge on any atom is -0.328 e. The lowest BCUT2D eigenvalue weighted by Crippen LogP contribution is -2.04. The summed E-state index contributed by atoms with van der Waals surface area (Å²) in [6.07, 6.45) is 1.71. The van der Waals surface area contributed by atoms with E-state index in [9.17, 15) is 4.79 Å². The fourth-order valence-corrected chi connectivity index (χ4v) is 1.48. The standard InChI is InChI=1S/C13H12N2O/c1-14-6-2-3-10-4-5-11-9-15-13(16)8-12(11)7-10/h4-5,7-9,14H,6H2,1H3,(H,15,16). The fraction of sp³-hybridized carbons (Fsp3) is 0.154. The number of H-pyrrole nitrogens is 1. The minimum atomic E-state index is -0.0900. The molecule has 0 saturated carbocycles. The van der Waals surface area contributed by atoms with E-state index in [4.69, 9.17) is 0 Å². The first-order valence-electron chi connectivity index (χ1n) is 5.05. The topological polar surface area (TPSA) is 44.9 Å². The minimum absolute atomic E-state index is 0.0900. The van der Waals surface area contributed by atoms with E-state index in [1.165, 1.54) is 0 Å². The van der Waals surface area contributed by atoms with E-state index >= 15 is 0 Å². The number of hydrogen-bond acceptors (Lipinski definition) is 2. The highest BCUT2D eigenvalue weighted by molar-refractivity contribution is 5.82. The summed E-state index contributed by atoms with van der Waals surface area (Å²) in [6, 6.07) is 7.41. The Morgan fingerprint density at radius 2 is 2.19 bits per heavy atom. The van der Waals surface area contributed by atoms with Crippen molar-refractivity contribution in [2.45, 2.75) is 0 Å². The molecule has 3 heteroatoms. The maximum Gasteiger partial charge on any atom is 0.248 e. The van der Waals surface area contributed by atoms with E-state index < -0.39 is 0 Å². The Bertz CT molecular complexity index is 617. The molecule has 0 saturated heterocycles. The molecule has 0 aliphatic rings. The van der Waals surface area contributed by atoms with Crippen LogP contribution in [0.3, 0.4) is 0 Å². The molecule has 0 aliphatic carbocycles. The first-order chi connectivity index (χ1) is 7.79. The van der Waals surface area contributed by atoms with Crippen molar-refractivity contribution >= 4 is 10.8 Å². The summed E-state index contributed by atoms with van der Waals surface area (Å²) in [5.74, 6) is 6.02. The predicted octanol–water partition coefficient (Wildman–Crippen LogP) is 1.10. The maximum atomic E-state index is 11.2. The van der Waals surface area contributed by atoms with Gasteiger partial charge in [0.25, 0.3) is 0 Å². The van der Waals surface area contributed by atoms with E-state index in [1.807, 2.05) is 25.2 Å². The van der Waals surface area contributed by atoms with Crippen LogP contribution in [0.1, 0.15) is 5.56 Å². The Kier molecular flexibility index (Phi) is 3.04. The number of benzene rings is 1. The molecule has 0 aliphatic heterocycles. The largest absolute Gasteiger partial charge is 0.328 e. The molecular weight excluding hydrogens is 200 g/mol. The molecule has 0 unspecified atom stereocenters. The van der Waals surface area contributed by atoms with Crippen LogP contribution in [0.2, 0.25) is 0 Å². The summed E-state index contributed by atoms with van der Waals surface area (Å²) in [4.78, 5) is 13.8. The van der Waals surface area contributed by atoms with Crippen LogP contribution in [0.5, 0.6) is 0 Å². The van der Waals surface area contributed by atoms with Crippen molar-refractivity contribution in [1.82, 2.24) is 10.3 Å². The van der Waals surface area contributed by atoms with Crippen molar-refractivity contribution in [2.75, 3.05) is 13.6 Å². The Balaban J connectivity index is 2.44. The zero-order valence-corrected chi connectivity index (χ0v) is 9.00. The Hall–Kier alpha value is -2.05. The zero-order chi connectivity index (χ0) is 11.4. The highest BCUT2D eigenvalue weighted by Gasteiger charge is 1.94. The van der Waals surface area contributed by atoms with Crippen molar-refractivity contribution < 1.29 is 0 Å². The molecule has 0 spiro atoms. The summed E-state index contributed by atoms with van der Waals surface area (Å²) < 4.78 is 0. The quantitative estimate of drug-likeness (QED) is 0.695. The summed E-state index contributed by atoms with van der Waals surface area (Å²) in [7, 11) is 1.86. The van der Waals surface area contributed by atoms with Crippen LogP contribution >= 0.6 is 0 Å². The van der Waals surface area contributed by atoms with Gasteiger partial charge in [-0.15, -0.1) is 0 Å². The summed E-state index contributed by atoms with van der Waals surface area (Å²) in [6.45, 7) is 0.660. The van der Waals surface area contributed by atoms with Gasteiger partial charge >= 0.3 is 0 Å². The lowest BCUT2D eigenvalue weighted by molar-refractivity contribution is 0.938. The number of fused-ring (bicyclic) bond motifs is 1. The van der Waals surface area contributed by atoms with Crippen LogP contribution in [0.25, 0.3) is 10.8 Å². The molecule has 2 rings (SSSR count). The lowest BCUT2D eigenvalue weighted by Gasteiger charge is -1.97. The van der Waals surface area contributed by atoms with Gasteiger partial charge in [-0.2, -0.15) is 0 Å². The third-order valence-electron chi connectivity index (χ3n) is 2.24. The molecular formula is C13H12N2O. The number of aromatic amines is 1. The number of pyridine rings is 1. The van der Waals surface area contributed by atoms with Crippen molar-refractivity contribution in [3.63, 3.8) is 0 Å². The average molecular weight is 212 g/mol. The van der Waals surface area contributed by atoms with Crippen molar-refractivity contribution in [3.8, 4) is 11.8 Å². The normalized spacial score (nSPS) is 9.81. The predicted molar refractivity (Wildman–Crippen MR) is 65.4 cm³/mol. The second kappa shape index (κ2) is 4.65. The van der Waals surface area contributed by atoms with Gasteiger partial charge < -0.3 is 10.3 Å². The van der Waals surface area contributed by atoms with Crippen LogP contribution in [-0.4, -0.2) is 18.6 Å². The molecule has 1 heterocycles. The molecule has 1 aromatic carbocycles. The number of hydrogen-bond donors (Lipinski definition) is 2. The van der Waals surface area contributed by atoms with Crippen molar-refractivity contribution in [3.05, 3.63) is 46.4 Å². The monoisotopic (exact) mass is 212 g/mol. The molecule has 3 nitrogen and oxygen atoms in total. The SMILES string of the molecule is CNCC#Cc1ccc2c[nH]c(=O)cc2c1. The third-order valence-corrected chi connectivity index (χ3v) is 2.24. The Morgan fingerprint density at radius 3 is 3.00 bits per heavy atom.